The van der Waals surface area contributed by atoms with Gasteiger partial charge in [0.1, 0.15) is 5.00 Å². The molecule has 0 saturated carbocycles. The minimum absolute atomic E-state index is 0.0244. The molecular formula is C14H20N2O3S. The molecule has 1 fully saturated rings. The molecule has 1 aliphatic rings. The Hall–Kier alpha value is -1.40. The number of hydrogen-bond donors (Lipinski definition) is 2. The van der Waals surface area contributed by atoms with Crippen LogP contribution < -0.4 is 10.6 Å². The second-order valence-corrected chi connectivity index (χ2v) is 6.24. The van der Waals surface area contributed by atoms with Crippen LogP contribution in [0.2, 0.25) is 0 Å². The molecule has 1 saturated heterocycles. The topological polar surface area (TPSA) is 67.4 Å². The van der Waals surface area contributed by atoms with Crippen molar-refractivity contribution < 1.29 is 14.3 Å². The molecule has 20 heavy (non-hydrogen) atoms. The van der Waals surface area contributed by atoms with Crippen molar-refractivity contribution in [1.29, 1.82) is 0 Å². The lowest BCUT2D eigenvalue weighted by atomic mass is 9.99. The van der Waals surface area contributed by atoms with Crippen molar-refractivity contribution in [3.63, 3.8) is 0 Å². The van der Waals surface area contributed by atoms with Crippen LogP contribution in [0.15, 0.2) is 0 Å². The fraction of sp³-hybridized carbons (Fsp3) is 0.571. The van der Waals surface area contributed by atoms with Crippen molar-refractivity contribution in [2.75, 3.05) is 25.5 Å². The van der Waals surface area contributed by atoms with Crippen LogP contribution in [0.1, 0.15) is 33.6 Å². The van der Waals surface area contributed by atoms with Crippen LogP contribution in [0.4, 0.5) is 5.00 Å². The van der Waals surface area contributed by atoms with Gasteiger partial charge in [0, 0.05) is 11.4 Å². The monoisotopic (exact) mass is 296 g/mol. The lowest BCUT2D eigenvalue weighted by molar-refractivity contribution is -0.120. The van der Waals surface area contributed by atoms with Gasteiger partial charge in [-0.1, -0.05) is 0 Å². The molecule has 1 aromatic rings. The molecule has 6 heteroatoms. The first-order valence-electron chi connectivity index (χ1n) is 6.74. The molecule has 0 aromatic carbocycles. The van der Waals surface area contributed by atoms with E-state index in [2.05, 4.69) is 10.6 Å². The van der Waals surface area contributed by atoms with E-state index in [1.165, 1.54) is 18.4 Å². The summed E-state index contributed by atoms with van der Waals surface area (Å²) in [5, 5.41) is 6.71. The number of thiophene rings is 1. The second kappa shape index (κ2) is 6.37. The molecule has 1 aromatic heterocycles. The lowest BCUT2D eigenvalue weighted by Crippen LogP contribution is -2.37. The Morgan fingerprint density at radius 2 is 2.15 bits per heavy atom. The van der Waals surface area contributed by atoms with Crippen molar-refractivity contribution >= 4 is 28.2 Å². The number of piperidine rings is 1. The summed E-state index contributed by atoms with van der Waals surface area (Å²) >= 11 is 1.42. The summed E-state index contributed by atoms with van der Waals surface area (Å²) in [6.45, 7) is 5.47. The highest BCUT2D eigenvalue weighted by Gasteiger charge is 2.25. The lowest BCUT2D eigenvalue weighted by Gasteiger charge is -2.21. The highest BCUT2D eigenvalue weighted by atomic mass is 32.1. The number of carbonyl (C=O) groups is 2. The zero-order valence-corrected chi connectivity index (χ0v) is 12.9. The molecule has 2 heterocycles. The van der Waals surface area contributed by atoms with Crippen LogP contribution in [-0.2, 0) is 9.53 Å². The maximum atomic E-state index is 12.3. The summed E-state index contributed by atoms with van der Waals surface area (Å²) in [6.07, 6.45) is 1.89. The number of rotatable bonds is 3. The van der Waals surface area contributed by atoms with E-state index in [4.69, 9.17) is 4.74 Å². The van der Waals surface area contributed by atoms with Gasteiger partial charge in [0.05, 0.1) is 18.6 Å². The largest absolute Gasteiger partial charge is 0.465 e. The zero-order valence-electron chi connectivity index (χ0n) is 12.0. The van der Waals surface area contributed by atoms with Gasteiger partial charge in [0.25, 0.3) is 0 Å². The van der Waals surface area contributed by atoms with Gasteiger partial charge in [0.2, 0.25) is 5.91 Å². The Bertz CT molecular complexity index is 519. The smallest absolute Gasteiger partial charge is 0.341 e. The number of ether oxygens (including phenoxy) is 1. The molecule has 110 valence electrons. The summed E-state index contributed by atoms with van der Waals surface area (Å²) < 4.78 is 4.80. The van der Waals surface area contributed by atoms with Crippen LogP contribution in [0.3, 0.4) is 0 Å². The maximum Gasteiger partial charge on any atom is 0.341 e. The van der Waals surface area contributed by atoms with Crippen LogP contribution in [0, 0.1) is 19.8 Å². The van der Waals surface area contributed by atoms with Gasteiger partial charge in [-0.2, -0.15) is 0 Å². The second-order valence-electron chi connectivity index (χ2n) is 5.01. The van der Waals surface area contributed by atoms with E-state index in [0.717, 1.165) is 29.8 Å². The zero-order chi connectivity index (χ0) is 14.7. The molecule has 1 amide bonds. The van der Waals surface area contributed by atoms with Crippen molar-refractivity contribution in [1.82, 2.24) is 5.32 Å². The minimum Gasteiger partial charge on any atom is -0.465 e. The normalized spacial score (nSPS) is 18.6. The molecular weight excluding hydrogens is 276 g/mol. The predicted octanol–water partition coefficient (Wildman–Crippen LogP) is 2.09. The van der Waals surface area contributed by atoms with Crippen LogP contribution in [0.5, 0.6) is 0 Å². The van der Waals surface area contributed by atoms with E-state index in [1.807, 2.05) is 13.8 Å². The van der Waals surface area contributed by atoms with E-state index < -0.39 is 5.97 Å². The highest BCUT2D eigenvalue weighted by Crippen LogP contribution is 2.33. The summed E-state index contributed by atoms with van der Waals surface area (Å²) in [5.41, 5.74) is 1.35. The third kappa shape index (κ3) is 3.02. The van der Waals surface area contributed by atoms with E-state index in [0.29, 0.717) is 17.1 Å². The van der Waals surface area contributed by atoms with E-state index in [9.17, 15) is 9.59 Å². The third-order valence-electron chi connectivity index (χ3n) is 3.68. The van der Waals surface area contributed by atoms with Crippen molar-refractivity contribution in [2.45, 2.75) is 26.7 Å². The Balaban J connectivity index is 2.18. The van der Waals surface area contributed by atoms with Crippen molar-refractivity contribution in [3.05, 3.63) is 16.0 Å². The van der Waals surface area contributed by atoms with Crippen molar-refractivity contribution in [2.24, 2.45) is 5.92 Å². The van der Waals surface area contributed by atoms with Gasteiger partial charge in [0.15, 0.2) is 0 Å². The summed E-state index contributed by atoms with van der Waals surface area (Å²) in [5.74, 6) is -0.454. The van der Waals surface area contributed by atoms with Crippen LogP contribution in [0.25, 0.3) is 0 Å². The van der Waals surface area contributed by atoms with E-state index >= 15 is 0 Å². The summed E-state index contributed by atoms with van der Waals surface area (Å²) in [7, 11) is 1.35. The van der Waals surface area contributed by atoms with Crippen LogP contribution in [-0.4, -0.2) is 32.1 Å². The molecule has 2 rings (SSSR count). The van der Waals surface area contributed by atoms with Gasteiger partial charge < -0.3 is 15.4 Å². The highest BCUT2D eigenvalue weighted by molar-refractivity contribution is 7.16. The Labute approximate surface area is 122 Å². The van der Waals surface area contributed by atoms with Gasteiger partial charge >= 0.3 is 5.97 Å². The fourth-order valence-electron chi connectivity index (χ4n) is 2.35. The van der Waals surface area contributed by atoms with E-state index in [-0.39, 0.29) is 11.8 Å². The van der Waals surface area contributed by atoms with Crippen molar-refractivity contribution in [3.8, 4) is 0 Å². The Kier molecular flexibility index (Phi) is 4.77. The van der Waals surface area contributed by atoms with E-state index in [1.54, 1.807) is 0 Å². The van der Waals surface area contributed by atoms with Gasteiger partial charge in [-0.05, 0) is 38.8 Å². The number of esters is 1. The van der Waals surface area contributed by atoms with Gasteiger partial charge in [-0.25, -0.2) is 4.79 Å². The number of amides is 1. The average Bonchev–Trinajstić information content (AvgIpc) is 2.74. The number of anilines is 1. The number of aryl methyl sites for hydroxylation is 1. The number of hydrogen-bond acceptors (Lipinski definition) is 5. The average molecular weight is 296 g/mol. The first-order chi connectivity index (χ1) is 9.54. The van der Waals surface area contributed by atoms with Gasteiger partial charge in [-0.3, -0.25) is 4.79 Å². The third-order valence-corrected chi connectivity index (χ3v) is 4.80. The molecule has 0 spiro atoms. The van der Waals surface area contributed by atoms with Gasteiger partial charge in [-0.15, -0.1) is 11.3 Å². The molecule has 1 atom stereocenters. The molecule has 0 aliphatic carbocycles. The molecule has 0 radical (unpaired) electrons. The SMILES string of the molecule is COC(=O)c1c(NC(=O)C2CCCNC2)sc(C)c1C. The quantitative estimate of drug-likeness (QED) is 0.838. The number of methoxy groups -OCH3 is 1. The van der Waals surface area contributed by atoms with Crippen LogP contribution >= 0.6 is 11.3 Å². The Morgan fingerprint density at radius 1 is 1.40 bits per heavy atom. The first kappa shape index (κ1) is 15.0. The molecule has 1 aliphatic heterocycles. The molecule has 0 bridgehead atoms. The summed E-state index contributed by atoms with van der Waals surface area (Å²) in [6, 6.07) is 0. The molecule has 2 N–H and O–H groups in total. The number of nitrogens with one attached hydrogen (secondary N) is 2. The fourth-order valence-corrected chi connectivity index (χ4v) is 3.40. The summed E-state index contributed by atoms with van der Waals surface area (Å²) in [4.78, 5) is 25.1. The minimum atomic E-state index is -0.399. The number of carbonyl (C=O) groups excluding carboxylic acids is 2. The Morgan fingerprint density at radius 3 is 2.75 bits per heavy atom. The molecule has 1 unspecified atom stereocenters. The molecule has 5 nitrogen and oxygen atoms in total. The maximum absolute atomic E-state index is 12.3. The predicted molar refractivity (Wildman–Crippen MR) is 79.4 cm³/mol. The standard InChI is InChI=1S/C14H20N2O3S/c1-8-9(2)20-13(11(8)14(18)19-3)16-12(17)10-5-4-6-15-7-10/h10,15H,4-7H2,1-3H3,(H,16,17). The first-order valence-corrected chi connectivity index (χ1v) is 7.56.